The van der Waals surface area contributed by atoms with Gasteiger partial charge in [0, 0.05) is 17.3 Å². The van der Waals surface area contributed by atoms with Crippen LogP contribution in [0.1, 0.15) is 31.0 Å². The van der Waals surface area contributed by atoms with Gasteiger partial charge in [0.1, 0.15) is 5.75 Å². The van der Waals surface area contributed by atoms with Gasteiger partial charge in [-0.3, -0.25) is 9.36 Å². The SMILES string of the molecule is CCOC(=O)C1=C(C)N=c2s/c(=C\c3cn(-c4ccccc4)nc3-c3ccccc3)c(=O)n2C1c1ccc(OC)cc1. The summed E-state index contributed by atoms with van der Waals surface area (Å²) in [6.45, 7) is 3.74. The van der Waals surface area contributed by atoms with Crippen molar-refractivity contribution < 1.29 is 14.3 Å². The molecule has 2 aromatic heterocycles. The number of thiazole rings is 1. The predicted octanol–water partition coefficient (Wildman–Crippen LogP) is 4.66. The van der Waals surface area contributed by atoms with Crippen molar-refractivity contribution in [3.8, 4) is 22.7 Å². The topological polar surface area (TPSA) is 87.7 Å². The summed E-state index contributed by atoms with van der Waals surface area (Å²) in [4.78, 5) is 32.5. The first-order valence-corrected chi connectivity index (χ1v) is 14.3. The summed E-state index contributed by atoms with van der Waals surface area (Å²) in [7, 11) is 1.59. The molecule has 0 N–H and O–H groups in total. The molecule has 6 rings (SSSR count). The summed E-state index contributed by atoms with van der Waals surface area (Å²) < 4.78 is 14.6. The van der Waals surface area contributed by atoms with E-state index in [1.54, 1.807) is 25.5 Å². The number of methoxy groups -OCH3 is 1. The summed E-state index contributed by atoms with van der Waals surface area (Å²) in [5.41, 5.74) is 4.74. The quantitative estimate of drug-likeness (QED) is 0.263. The van der Waals surface area contributed by atoms with Gasteiger partial charge in [0.25, 0.3) is 5.56 Å². The van der Waals surface area contributed by atoms with Gasteiger partial charge in [-0.05, 0) is 49.8 Å². The van der Waals surface area contributed by atoms with Gasteiger partial charge in [-0.2, -0.15) is 5.10 Å². The molecule has 1 aliphatic heterocycles. The fraction of sp³-hybridized carbons (Fsp3) is 0.152. The summed E-state index contributed by atoms with van der Waals surface area (Å²) in [6, 6.07) is 26.3. The molecular weight excluding hydrogens is 548 g/mol. The van der Waals surface area contributed by atoms with E-state index in [1.165, 1.54) is 11.3 Å². The van der Waals surface area contributed by atoms with Gasteiger partial charge in [-0.1, -0.05) is 72.0 Å². The zero-order valence-corrected chi connectivity index (χ0v) is 24.2. The number of allylic oxidation sites excluding steroid dienone is 1. The molecular formula is C33H28N4O4S. The maximum atomic E-state index is 14.1. The fourth-order valence-electron chi connectivity index (χ4n) is 5.06. The Kier molecular flexibility index (Phi) is 7.41. The number of esters is 1. The lowest BCUT2D eigenvalue weighted by molar-refractivity contribution is -0.139. The van der Waals surface area contributed by atoms with Gasteiger partial charge < -0.3 is 9.47 Å². The molecule has 1 unspecified atom stereocenters. The van der Waals surface area contributed by atoms with E-state index >= 15 is 0 Å². The minimum absolute atomic E-state index is 0.211. The molecule has 0 amide bonds. The van der Waals surface area contributed by atoms with Crippen LogP contribution < -0.4 is 19.6 Å². The molecule has 0 fully saturated rings. The van der Waals surface area contributed by atoms with Crippen LogP contribution in [0.4, 0.5) is 0 Å². The zero-order valence-electron chi connectivity index (χ0n) is 23.4. The normalized spacial score (nSPS) is 14.8. The zero-order chi connectivity index (χ0) is 29.2. The average Bonchev–Trinajstić information content (AvgIpc) is 3.58. The van der Waals surface area contributed by atoms with E-state index in [1.807, 2.05) is 102 Å². The fourth-order valence-corrected chi connectivity index (χ4v) is 6.10. The van der Waals surface area contributed by atoms with Crippen molar-refractivity contribution in [1.29, 1.82) is 0 Å². The molecule has 1 aliphatic rings. The standard InChI is InChI=1S/C33H28N4O4S/c1-4-41-32(39)28-21(2)34-33-37(30(28)23-15-17-26(40-3)18-16-23)31(38)27(42-33)19-24-20-36(25-13-9-6-10-14-25)35-29(24)22-11-7-5-8-12-22/h5-20,30H,4H2,1-3H3/b27-19-. The molecule has 0 saturated heterocycles. The highest BCUT2D eigenvalue weighted by Crippen LogP contribution is 2.32. The molecule has 0 saturated carbocycles. The van der Waals surface area contributed by atoms with Gasteiger partial charge in [0.15, 0.2) is 4.80 Å². The summed E-state index contributed by atoms with van der Waals surface area (Å²) >= 11 is 1.28. The second kappa shape index (κ2) is 11.5. The van der Waals surface area contributed by atoms with Gasteiger partial charge in [-0.25, -0.2) is 14.5 Å². The molecule has 42 heavy (non-hydrogen) atoms. The Morgan fingerprint density at radius 1 is 1.00 bits per heavy atom. The number of carbonyl (C=O) groups is 1. The molecule has 0 spiro atoms. The highest BCUT2D eigenvalue weighted by Gasteiger charge is 2.33. The molecule has 0 radical (unpaired) electrons. The summed E-state index contributed by atoms with van der Waals surface area (Å²) in [5, 5.41) is 4.88. The Balaban J connectivity index is 1.55. The molecule has 0 aliphatic carbocycles. The Morgan fingerprint density at radius 2 is 1.69 bits per heavy atom. The van der Waals surface area contributed by atoms with Crippen LogP contribution in [-0.2, 0) is 9.53 Å². The van der Waals surface area contributed by atoms with E-state index in [2.05, 4.69) is 0 Å². The summed E-state index contributed by atoms with van der Waals surface area (Å²) in [6.07, 6.45) is 3.78. The molecule has 0 bridgehead atoms. The molecule has 5 aromatic rings. The number of aromatic nitrogens is 3. The van der Waals surface area contributed by atoms with E-state index in [0.717, 1.165) is 28.1 Å². The maximum Gasteiger partial charge on any atom is 0.338 e. The number of fused-ring (bicyclic) bond motifs is 1. The lowest BCUT2D eigenvalue weighted by Crippen LogP contribution is -2.39. The van der Waals surface area contributed by atoms with Crippen LogP contribution in [0.2, 0.25) is 0 Å². The molecule has 9 heteroatoms. The predicted molar refractivity (Wildman–Crippen MR) is 162 cm³/mol. The van der Waals surface area contributed by atoms with E-state index in [-0.39, 0.29) is 12.2 Å². The first-order chi connectivity index (χ1) is 20.5. The Hall–Kier alpha value is -5.02. The molecule has 210 valence electrons. The molecule has 1 atom stereocenters. The highest BCUT2D eigenvalue weighted by atomic mass is 32.1. The third kappa shape index (κ3) is 4.99. The number of ether oxygens (including phenoxy) is 2. The average molecular weight is 577 g/mol. The highest BCUT2D eigenvalue weighted by molar-refractivity contribution is 7.07. The first kappa shape index (κ1) is 27.2. The van der Waals surface area contributed by atoms with Crippen molar-refractivity contribution in [1.82, 2.24) is 14.3 Å². The van der Waals surface area contributed by atoms with Crippen molar-refractivity contribution in [3.63, 3.8) is 0 Å². The van der Waals surface area contributed by atoms with Gasteiger partial charge >= 0.3 is 5.97 Å². The van der Waals surface area contributed by atoms with Crippen molar-refractivity contribution in [2.24, 2.45) is 4.99 Å². The third-order valence-corrected chi connectivity index (χ3v) is 8.03. The smallest absolute Gasteiger partial charge is 0.338 e. The van der Waals surface area contributed by atoms with Crippen LogP contribution in [-0.4, -0.2) is 34.0 Å². The van der Waals surface area contributed by atoms with Crippen LogP contribution >= 0.6 is 11.3 Å². The van der Waals surface area contributed by atoms with Crippen LogP contribution in [0, 0.1) is 0 Å². The number of hydrogen-bond donors (Lipinski definition) is 0. The number of rotatable bonds is 7. The minimum Gasteiger partial charge on any atom is -0.497 e. The number of nitrogens with zero attached hydrogens (tertiary/aromatic N) is 4. The number of benzene rings is 3. The van der Waals surface area contributed by atoms with Gasteiger partial charge in [0.05, 0.1) is 46.9 Å². The monoisotopic (exact) mass is 576 g/mol. The van der Waals surface area contributed by atoms with E-state index in [0.29, 0.717) is 26.4 Å². The maximum absolute atomic E-state index is 14.1. The Bertz CT molecular complexity index is 1970. The van der Waals surface area contributed by atoms with Crippen LogP contribution in [0.5, 0.6) is 5.75 Å². The van der Waals surface area contributed by atoms with E-state index < -0.39 is 12.0 Å². The Morgan fingerprint density at radius 3 is 2.36 bits per heavy atom. The van der Waals surface area contributed by atoms with Crippen LogP contribution in [0.15, 0.2) is 112 Å². The van der Waals surface area contributed by atoms with Gasteiger partial charge in [-0.15, -0.1) is 0 Å². The van der Waals surface area contributed by atoms with Crippen molar-refractivity contribution in [3.05, 3.63) is 133 Å². The first-order valence-electron chi connectivity index (χ1n) is 13.5. The largest absolute Gasteiger partial charge is 0.497 e. The Labute approximate surface area is 246 Å². The summed E-state index contributed by atoms with van der Waals surface area (Å²) in [5.74, 6) is 0.178. The number of hydrogen-bond acceptors (Lipinski definition) is 7. The minimum atomic E-state index is -0.700. The number of para-hydroxylation sites is 1. The third-order valence-electron chi connectivity index (χ3n) is 7.05. The van der Waals surface area contributed by atoms with Crippen molar-refractivity contribution >= 4 is 23.4 Å². The van der Waals surface area contributed by atoms with E-state index in [4.69, 9.17) is 19.6 Å². The van der Waals surface area contributed by atoms with Crippen molar-refractivity contribution in [2.45, 2.75) is 19.9 Å². The second-order valence-electron chi connectivity index (χ2n) is 9.65. The number of carbonyl (C=O) groups excluding carboxylic acids is 1. The van der Waals surface area contributed by atoms with Crippen LogP contribution in [0.3, 0.4) is 0 Å². The van der Waals surface area contributed by atoms with Crippen molar-refractivity contribution in [2.75, 3.05) is 13.7 Å². The van der Waals surface area contributed by atoms with E-state index in [9.17, 15) is 9.59 Å². The molecule has 3 aromatic carbocycles. The second-order valence-corrected chi connectivity index (χ2v) is 10.7. The van der Waals surface area contributed by atoms with Gasteiger partial charge in [0.2, 0.25) is 0 Å². The van der Waals surface area contributed by atoms with Crippen LogP contribution in [0.25, 0.3) is 23.0 Å². The molecule has 8 nitrogen and oxygen atoms in total. The lowest BCUT2D eigenvalue weighted by atomic mass is 9.96. The molecule has 3 heterocycles. The lowest BCUT2D eigenvalue weighted by Gasteiger charge is -2.24.